The number of hydrogen-bond acceptors (Lipinski definition) is 2. The molecule has 2 heteroatoms. The molecule has 1 rings (SSSR count). The molecule has 0 aromatic rings. The maximum absolute atomic E-state index is 9.81. The predicted octanol–water partition coefficient (Wildman–Crippen LogP) is 1.98. The summed E-state index contributed by atoms with van der Waals surface area (Å²) in [4.78, 5) is 2.42. The maximum Gasteiger partial charge on any atom is 0.0689 e. The Labute approximate surface area is 88.3 Å². The third kappa shape index (κ3) is 3.58. The third-order valence-corrected chi connectivity index (χ3v) is 3.16. The van der Waals surface area contributed by atoms with Crippen molar-refractivity contribution in [3.05, 3.63) is 0 Å². The maximum atomic E-state index is 9.81. The third-order valence-electron chi connectivity index (χ3n) is 3.16. The highest BCUT2D eigenvalue weighted by Gasteiger charge is 2.23. The van der Waals surface area contributed by atoms with E-state index in [9.17, 15) is 5.11 Å². The van der Waals surface area contributed by atoms with Crippen LogP contribution in [0.3, 0.4) is 0 Å². The molecule has 0 aromatic heterocycles. The van der Waals surface area contributed by atoms with Crippen molar-refractivity contribution in [3.8, 4) is 0 Å². The summed E-state index contributed by atoms with van der Waals surface area (Å²) in [6.45, 7) is 12.0. The number of rotatable bonds is 3. The minimum atomic E-state index is -0.160. The zero-order chi connectivity index (χ0) is 10.7. The fourth-order valence-electron chi connectivity index (χ4n) is 2.42. The Balaban J connectivity index is 2.36. The fourth-order valence-corrected chi connectivity index (χ4v) is 2.42. The smallest absolute Gasteiger partial charge is 0.0689 e. The minimum absolute atomic E-state index is 0.160. The van der Waals surface area contributed by atoms with E-state index in [-0.39, 0.29) is 6.10 Å². The fraction of sp³-hybridized carbons (Fsp3) is 1.00. The summed E-state index contributed by atoms with van der Waals surface area (Å²) in [5, 5.41) is 9.81. The molecule has 0 radical (unpaired) electrons. The molecule has 3 unspecified atom stereocenters. The van der Waals surface area contributed by atoms with E-state index in [2.05, 4.69) is 32.6 Å². The Morgan fingerprint density at radius 2 is 1.71 bits per heavy atom. The Kier molecular flexibility index (Phi) is 4.39. The lowest BCUT2D eigenvalue weighted by Gasteiger charge is -2.36. The van der Waals surface area contributed by atoms with Crippen LogP contribution in [0.4, 0.5) is 0 Å². The van der Waals surface area contributed by atoms with Crippen LogP contribution < -0.4 is 0 Å². The van der Waals surface area contributed by atoms with Gasteiger partial charge in [-0.1, -0.05) is 27.7 Å². The number of nitrogens with zero attached hydrogens (tertiary/aromatic N) is 1. The first kappa shape index (κ1) is 12.0. The van der Waals surface area contributed by atoms with Crippen molar-refractivity contribution < 1.29 is 5.11 Å². The number of aliphatic hydroxyl groups is 1. The molecular weight excluding hydrogens is 174 g/mol. The molecule has 14 heavy (non-hydrogen) atoms. The van der Waals surface area contributed by atoms with Crippen LogP contribution in [0.2, 0.25) is 0 Å². The second-order valence-electron chi connectivity index (χ2n) is 5.48. The van der Waals surface area contributed by atoms with E-state index in [1.54, 1.807) is 0 Å². The van der Waals surface area contributed by atoms with Gasteiger partial charge < -0.3 is 10.0 Å². The highest BCUT2D eigenvalue weighted by molar-refractivity contribution is 4.77. The van der Waals surface area contributed by atoms with Gasteiger partial charge in [0.05, 0.1) is 6.10 Å². The molecular formula is C12H25NO. The minimum Gasteiger partial charge on any atom is -0.392 e. The quantitative estimate of drug-likeness (QED) is 0.751. The highest BCUT2D eigenvalue weighted by Crippen LogP contribution is 2.21. The van der Waals surface area contributed by atoms with Crippen molar-refractivity contribution in [1.29, 1.82) is 0 Å². The first-order valence-electron chi connectivity index (χ1n) is 5.89. The van der Waals surface area contributed by atoms with Crippen LogP contribution in [0.1, 0.15) is 34.1 Å². The lowest BCUT2D eigenvalue weighted by atomic mass is 9.91. The van der Waals surface area contributed by atoms with Crippen molar-refractivity contribution in [2.75, 3.05) is 19.6 Å². The zero-order valence-electron chi connectivity index (χ0n) is 10.0. The van der Waals surface area contributed by atoms with E-state index in [4.69, 9.17) is 0 Å². The van der Waals surface area contributed by atoms with Crippen LogP contribution in [0, 0.1) is 17.8 Å². The second kappa shape index (κ2) is 5.13. The van der Waals surface area contributed by atoms with Crippen LogP contribution in [-0.4, -0.2) is 35.7 Å². The average Bonchev–Trinajstić information content (AvgIpc) is 2.01. The summed E-state index contributed by atoms with van der Waals surface area (Å²) in [5.41, 5.74) is 0. The van der Waals surface area contributed by atoms with E-state index in [0.29, 0.717) is 5.92 Å². The highest BCUT2D eigenvalue weighted by atomic mass is 16.3. The summed E-state index contributed by atoms with van der Waals surface area (Å²) in [6.07, 6.45) is 1.18. The summed E-state index contributed by atoms with van der Waals surface area (Å²) in [7, 11) is 0. The zero-order valence-corrected chi connectivity index (χ0v) is 10.0. The Bertz CT molecular complexity index is 160. The second-order valence-corrected chi connectivity index (χ2v) is 5.48. The van der Waals surface area contributed by atoms with E-state index >= 15 is 0 Å². The van der Waals surface area contributed by atoms with Gasteiger partial charge in [0.2, 0.25) is 0 Å². The Morgan fingerprint density at radius 1 is 1.21 bits per heavy atom. The molecule has 84 valence electrons. The van der Waals surface area contributed by atoms with Gasteiger partial charge in [-0.3, -0.25) is 0 Å². The number of piperidine rings is 1. The largest absolute Gasteiger partial charge is 0.392 e. The molecule has 0 aromatic carbocycles. The van der Waals surface area contributed by atoms with Crippen molar-refractivity contribution in [2.24, 2.45) is 17.8 Å². The van der Waals surface area contributed by atoms with Crippen molar-refractivity contribution >= 4 is 0 Å². The van der Waals surface area contributed by atoms with Gasteiger partial charge in [-0.05, 0) is 24.2 Å². The van der Waals surface area contributed by atoms with Gasteiger partial charge in [-0.15, -0.1) is 0 Å². The van der Waals surface area contributed by atoms with Crippen LogP contribution in [0.5, 0.6) is 0 Å². The van der Waals surface area contributed by atoms with Crippen LogP contribution >= 0.6 is 0 Å². The molecule has 0 spiro atoms. The van der Waals surface area contributed by atoms with E-state index in [0.717, 1.165) is 31.5 Å². The number of likely N-dealkylation sites (tertiary alicyclic amines) is 1. The van der Waals surface area contributed by atoms with Gasteiger partial charge >= 0.3 is 0 Å². The molecule has 2 nitrogen and oxygen atoms in total. The van der Waals surface area contributed by atoms with Gasteiger partial charge in [0.15, 0.2) is 0 Å². The topological polar surface area (TPSA) is 23.5 Å². The van der Waals surface area contributed by atoms with Gasteiger partial charge in [-0.2, -0.15) is 0 Å². The van der Waals surface area contributed by atoms with Gasteiger partial charge in [0, 0.05) is 19.6 Å². The van der Waals surface area contributed by atoms with Crippen molar-refractivity contribution in [3.63, 3.8) is 0 Å². The van der Waals surface area contributed by atoms with Gasteiger partial charge in [0.25, 0.3) is 0 Å². The molecule has 0 bridgehead atoms. The Morgan fingerprint density at radius 3 is 2.14 bits per heavy atom. The summed E-state index contributed by atoms with van der Waals surface area (Å²) in [5.74, 6) is 1.96. The van der Waals surface area contributed by atoms with Crippen LogP contribution in [0.25, 0.3) is 0 Å². The molecule has 1 N–H and O–H groups in total. The predicted molar refractivity (Wildman–Crippen MR) is 60.2 cm³/mol. The van der Waals surface area contributed by atoms with Crippen LogP contribution in [-0.2, 0) is 0 Å². The van der Waals surface area contributed by atoms with Crippen LogP contribution in [0.15, 0.2) is 0 Å². The molecule has 3 atom stereocenters. The number of aliphatic hydroxyl groups excluding tert-OH is 1. The standard InChI is InChI=1S/C12H25NO/c1-9(2)12(14)8-13-6-10(3)5-11(4)7-13/h9-12,14H,5-8H2,1-4H3. The molecule has 1 aliphatic rings. The lowest BCUT2D eigenvalue weighted by Crippen LogP contribution is -2.43. The van der Waals surface area contributed by atoms with Crippen molar-refractivity contribution in [2.45, 2.75) is 40.2 Å². The van der Waals surface area contributed by atoms with E-state index in [1.807, 2.05) is 0 Å². The summed E-state index contributed by atoms with van der Waals surface area (Å²) in [6, 6.07) is 0. The summed E-state index contributed by atoms with van der Waals surface area (Å²) >= 11 is 0. The molecule has 1 fully saturated rings. The number of β-amino-alcohol motifs (C(OH)–C–C–N with tert-alkyl or cyclic N) is 1. The van der Waals surface area contributed by atoms with Gasteiger partial charge in [0.1, 0.15) is 0 Å². The first-order valence-corrected chi connectivity index (χ1v) is 5.89. The van der Waals surface area contributed by atoms with Gasteiger partial charge in [-0.25, -0.2) is 0 Å². The first-order chi connectivity index (χ1) is 6.49. The normalized spacial score (nSPS) is 32.1. The molecule has 0 saturated carbocycles. The average molecular weight is 199 g/mol. The number of hydrogen-bond donors (Lipinski definition) is 1. The van der Waals surface area contributed by atoms with Crippen molar-refractivity contribution in [1.82, 2.24) is 4.90 Å². The monoisotopic (exact) mass is 199 g/mol. The molecule has 0 aliphatic carbocycles. The molecule has 1 aliphatic heterocycles. The Hall–Kier alpha value is -0.0800. The molecule has 1 heterocycles. The molecule has 1 saturated heterocycles. The lowest BCUT2D eigenvalue weighted by molar-refractivity contribution is 0.0464. The molecule has 0 amide bonds. The van der Waals surface area contributed by atoms with E-state index in [1.165, 1.54) is 6.42 Å². The summed E-state index contributed by atoms with van der Waals surface area (Å²) < 4.78 is 0. The van der Waals surface area contributed by atoms with E-state index < -0.39 is 0 Å². The SMILES string of the molecule is CC1CC(C)CN(CC(O)C(C)C)C1.